The van der Waals surface area contributed by atoms with Gasteiger partial charge in [0, 0.05) is 33.2 Å². The molecule has 28 heavy (non-hydrogen) atoms. The minimum absolute atomic E-state index is 0.373. The van der Waals surface area contributed by atoms with Crippen LogP contribution in [0.1, 0.15) is 0 Å². The molecule has 0 radical (unpaired) electrons. The van der Waals surface area contributed by atoms with E-state index in [1.165, 1.54) is 6.07 Å². The van der Waals surface area contributed by atoms with E-state index in [2.05, 4.69) is 0 Å². The van der Waals surface area contributed by atoms with Crippen LogP contribution in [0.15, 0.2) is 93.0 Å². The number of ether oxygens (including phenoxy) is 1. The third-order valence-corrected chi connectivity index (χ3v) is 5.46. The van der Waals surface area contributed by atoms with Crippen molar-refractivity contribution in [1.82, 2.24) is 0 Å². The summed E-state index contributed by atoms with van der Waals surface area (Å²) in [5.41, 5.74) is 1.99. The van der Waals surface area contributed by atoms with Crippen molar-refractivity contribution in [2.75, 3.05) is 12.4 Å². The van der Waals surface area contributed by atoms with E-state index >= 15 is 0 Å². The normalized spacial score (nSPS) is 10.9. The molecule has 0 saturated heterocycles. The molecule has 0 amide bonds. The lowest BCUT2D eigenvalue weighted by molar-refractivity contribution is 0.344. The quantitative estimate of drug-likeness (QED) is 0.214. The molecule has 0 N–H and O–H groups in total. The Kier molecular flexibility index (Phi) is 5.70. The third-order valence-electron chi connectivity index (χ3n) is 4.24. The van der Waals surface area contributed by atoms with Gasteiger partial charge in [0.15, 0.2) is 0 Å². The van der Waals surface area contributed by atoms with Crippen LogP contribution in [0.3, 0.4) is 0 Å². The number of rotatable bonds is 6. The van der Waals surface area contributed by atoms with Crippen LogP contribution < -0.4 is 10.4 Å². The van der Waals surface area contributed by atoms with Gasteiger partial charge in [-0.25, -0.2) is 4.79 Å². The molecular formula is C23H17ClO3S. The Bertz CT molecular complexity index is 1140. The summed E-state index contributed by atoms with van der Waals surface area (Å²) < 4.78 is 11.2. The van der Waals surface area contributed by atoms with Crippen molar-refractivity contribution < 1.29 is 9.15 Å². The van der Waals surface area contributed by atoms with E-state index < -0.39 is 0 Å². The first kappa shape index (κ1) is 18.7. The zero-order chi connectivity index (χ0) is 19.3. The van der Waals surface area contributed by atoms with Crippen molar-refractivity contribution in [3.05, 3.63) is 94.3 Å². The van der Waals surface area contributed by atoms with Crippen LogP contribution in [0.25, 0.3) is 22.1 Å². The lowest BCUT2D eigenvalue weighted by atomic mass is 10.0. The number of benzene rings is 3. The van der Waals surface area contributed by atoms with Crippen molar-refractivity contribution in [3.8, 4) is 16.9 Å². The molecule has 4 rings (SSSR count). The average Bonchev–Trinajstić information content (AvgIpc) is 2.72. The van der Waals surface area contributed by atoms with Crippen molar-refractivity contribution in [2.24, 2.45) is 0 Å². The fraction of sp³-hybridized carbons (Fsp3) is 0.0870. The number of hydrogen-bond acceptors (Lipinski definition) is 4. The topological polar surface area (TPSA) is 39.4 Å². The van der Waals surface area contributed by atoms with Gasteiger partial charge >= 0.3 is 5.63 Å². The van der Waals surface area contributed by atoms with Gasteiger partial charge in [0.25, 0.3) is 0 Å². The molecule has 0 saturated carbocycles. The highest BCUT2D eigenvalue weighted by Gasteiger charge is 2.09. The first-order chi connectivity index (χ1) is 13.7. The Labute approximate surface area is 171 Å². The summed E-state index contributed by atoms with van der Waals surface area (Å²) in [6, 6.07) is 24.7. The number of halogens is 1. The molecule has 140 valence electrons. The van der Waals surface area contributed by atoms with Gasteiger partial charge in [0.2, 0.25) is 0 Å². The second kappa shape index (κ2) is 8.55. The second-order valence-corrected chi connectivity index (χ2v) is 7.76. The highest BCUT2D eigenvalue weighted by Crippen LogP contribution is 2.29. The first-order valence-corrected chi connectivity index (χ1v) is 10.2. The van der Waals surface area contributed by atoms with Crippen molar-refractivity contribution in [1.29, 1.82) is 0 Å². The Hall–Kier alpha value is -2.69. The largest absolute Gasteiger partial charge is 0.493 e. The summed E-state index contributed by atoms with van der Waals surface area (Å²) in [5, 5.41) is 1.61. The number of thioether (sulfide) groups is 1. The lowest BCUT2D eigenvalue weighted by Gasteiger charge is -2.09. The van der Waals surface area contributed by atoms with E-state index in [1.54, 1.807) is 17.8 Å². The van der Waals surface area contributed by atoms with Gasteiger partial charge in [-0.3, -0.25) is 0 Å². The molecule has 1 aromatic heterocycles. The number of fused-ring (bicyclic) bond motifs is 1. The maximum Gasteiger partial charge on any atom is 0.336 e. The SMILES string of the molecule is O=c1cc(-c2ccccc2)c2ccc(OCCSc3ccc(Cl)cc3)cc2o1. The van der Waals surface area contributed by atoms with Gasteiger partial charge in [-0.2, -0.15) is 0 Å². The molecule has 5 heteroatoms. The highest BCUT2D eigenvalue weighted by atomic mass is 35.5. The smallest absolute Gasteiger partial charge is 0.336 e. The zero-order valence-corrected chi connectivity index (χ0v) is 16.5. The fourth-order valence-electron chi connectivity index (χ4n) is 2.94. The Morgan fingerprint density at radius 2 is 1.71 bits per heavy atom. The fourth-order valence-corrected chi connectivity index (χ4v) is 3.80. The summed E-state index contributed by atoms with van der Waals surface area (Å²) in [6.07, 6.45) is 0. The molecule has 0 aliphatic heterocycles. The molecule has 3 nitrogen and oxygen atoms in total. The molecule has 0 aliphatic rings. The van der Waals surface area contributed by atoms with Crippen molar-refractivity contribution in [3.63, 3.8) is 0 Å². The maximum atomic E-state index is 12.0. The van der Waals surface area contributed by atoms with Gasteiger partial charge in [0.1, 0.15) is 11.3 Å². The minimum atomic E-state index is -0.373. The summed E-state index contributed by atoms with van der Waals surface area (Å²) in [5.74, 6) is 1.48. The van der Waals surface area contributed by atoms with Crippen LogP contribution in [-0.2, 0) is 0 Å². The second-order valence-electron chi connectivity index (χ2n) is 6.15. The van der Waals surface area contributed by atoms with Crippen LogP contribution in [0.4, 0.5) is 0 Å². The minimum Gasteiger partial charge on any atom is -0.493 e. The van der Waals surface area contributed by atoms with E-state index in [0.29, 0.717) is 17.9 Å². The summed E-state index contributed by atoms with van der Waals surface area (Å²) >= 11 is 7.59. The summed E-state index contributed by atoms with van der Waals surface area (Å²) in [7, 11) is 0. The van der Waals surface area contributed by atoms with Gasteiger partial charge < -0.3 is 9.15 Å². The Morgan fingerprint density at radius 1 is 0.929 bits per heavy atom. The molecule has 0 bridgehead atoms. The zero-order valence-electron chi connectivity index (χ0n) is 14.9. The maximum absolute atomic E-state index is 12.0. The molecular weight excluding hydrogens is 392 g/mol. The molecule has 1 heterocycles. The van der Waals surface area contributed by atoms with Gasteiger partial charge in [0.05, 0.1) is 6.61 Å². The third kappa shape index (κ3) is 4.41. The average molecular weight is 409 g/mol. The Balaban J connectivity index is 1.48. The van der Waals surface area contributed by atoms with Crippen LogP contribution in [0, 0.1) is 0 Å². The summed E-state index contributed by atoms with van der Waals surface area (Å²) in [4.78, 5) is 13.2. The van der Waals surface area contributed by atoms with E-state index in [1.807, 2.05) is 66.7 Å². The highest BCUT2D eigenvalue weighted by molar-refractivity contribution is 7.99. The molecule has 3 aromatic carbocycles. The predicted octanol–water partition coefficient (Wildman–Crippen LogP) is 6.28. The van der Waals surface area contributed by atoms with Crippen LogP contribution >= 0.6 is 23.4 Å². The molecule has 0 unspecified atom stereocenters. The molecule has 0 aliphatic carbocycles. The summed E-state index contributed by atoms with van der Waals surface area (Å²) in [6.45, 7) is 0.543. The van der Waals surface area contributed by atoms with E-state index in [-0.39, 0.29) is 5.63 Å². The first-order valence-electron chi connectivity index (χ1n) is 8.83. The molecule has 0 spiro atoms. The van der Waals surface area contributed by atoms with Crippen molar-refractivity contribution >= 4 is 34.3 Å². The molecule has 0 fully saturated rings. The van der Waals surface area contributed by atoms with Crippen LogP contribution in [0.2, 0.25) is 5.02 Å². The van der Waals surface area contributed by atoms with Crippen LogP contribution in [0.5, 0.6) is 5.75 Å². The van der Waals surface area contributed by atoms with Crippen LogP contribution in [-0.4, -0.2) is 12.4 Å². The number of hydrogen-bond donors (Lipinski definition) is 0. The van der Waals surface area contributed by atoms with E-state index in [9.17, 15) is 4.79 Å². The lowest BCUT2D eigenvalue weighted by Crippen LogP contribution is -2.01. The standard InChI is InChI=1S/C23H17ClO3S/c24-17-6-9-19(10-7-17)28-13-12-26-18-8-11-20-21(16-4-2-1-3-5-16)15-23(25)27-22(20)14-18/h1-11,14-15H,12-13H2. The van der Waals surface area contributed by atoms with Gasteiger partial charge in [-0.05, 0) is 47.5 Å². The van der Waals surface area contributed by atoms with Gasteiger partial charge in [-0.15, -0.1) is 11.8 Å². The Morgan fingerprint density at radius 3 is 2.50 bits per heavy atom. The van der Waals surface area contributed by atoms with Gasteiger partial charge in [-0.1, -0.05) is 41.9 Å². The molecule has 0 atom stereocenters. The monoisotopic (exact) mass is 408 g/mol. The van der Waals surface area contributed by atoms with E-state index in [4.69, 9.17) is 20.8 Å². The van der Waals surface area contributed by atoms with Crippen molar-refractivity contribution in [2.45, 2.75) is 4.90 Å². The van der Waals surface area contributed by atoms with E-state index in [0.717, 1.165) is 32.2 Å². The molecule has 4 aromatic rings. The predicted molar refractivity (Wildman–Crippen MR) is 116 cm³/mol.